The van der Waals surface area contributed by atoms with Gasteiger partial charge in [0.1, 0.15) is 5.82 Å². The quantitative estimate of drug-likeness (QED) is 0.910. The Morgan fingerprint density at radius 2 is 1.90 bits per heavy atom. The first-order valence-corrected chi connectivity index (χ1v) is 7.34. The summed E-state index contributed by atoms with van der Waals surface area (Å²) in [5, 5.41) is 3.56. The first-order chi connectivity index (χ1) is 9.54. The lowest BCUT2D eigenvalue weighted by Gasteiger charge is -2.35. The molecule has 1 aromatic rings. The van der Waals surface area contributed by atoms with Crippen molar-refractivity contribution in [2.75, 3.05) is 7.05 Å². The molecule has 0 aliphatic carbocycles. The molecule has 2 aliphatic heterocycles. The molecule has 2 saturated heterocycles. The van der Waals surface area contributed by atoms with Gasteiger partial charge in [-0.05, 0) is 44.7 Å². The molecule has 2 aliphatic rings. The van der Waals surface area contributed by atoms with Crippen LogP contribution in [0.1, 0.15) is 41.6 Å². The SMILES string of the molecule is Cc1ccc(F)c(C(=O)N(C)C2CC3CCC(C2)N3)c1.Cl. The molecular weight excluding hydrogens is 291 g/mol. The van der Waals surface area contributed by atoms with E-state index in [0.29, 0.717) is 12.1 Å². The van der Waals surface area contributed by atoms with Crippen LogP contribution in [-0.2, 0) is 0 Å². The first kappa shape index (κ1) is 16.2. The van der Waals surface area contributed by atoms with Crippen LogP contribution in [0.4, 0.5) is 4.39 Å². The number of nitrogens with zero attached hydrogens (tertiary/aromatic N) is 1. The number of hydrogen-bond acceptors (Lipinski definition) is 2. The lowest BCUT2D eigenvalue weighted by atomic mass is 9.97. The maximum Gasteiger partial charge on any atom is 0.256 e. The highest BCUT2D eigenvalue weighted by molar-refractivity contribution is 5.94. The van der Waals surface area contributed by atoms with Gasteiger partial charge in [0.15, 0.2) is 0 Å². The molecule has 0 spiro atoms. The molecule has 1 N–H and O–H groups in total. The van der Waals surface area contributed by atoms with Crippen LogP contribution in [0.3, 0.4) is 0 Å². The van der Waals surface area contributed by atoms with Crippen LogP contribution in [0.5, 0.6) is 0 Å². The molecule has 1 amide bonds. The number of halogens is 2. The normalized spacial score (nSPS) is 27.1. The van der Waals surface area contributed by atoms with Crippen molar-refractivity contribution in [2.24, 2.45) is 0 Å². The number of benzene rings is 1. The Bertz CT molecular complexity index is 525. The number of nitrogens with one attached hydrogen (secondary N) is 1. The molecule has 0 aromatic heterocycles. The van der Waals surface area contributed by atoms with E-state index in [9.17, 15) is 9.18 Å². The molecule has 21 heavy (non-hydrogen) atoms. The third-order valence-electron chi connectivity index (χ3n) is 4.67. The predicted octanol–water partition coefficient (Wildman–Crippen LogP) is 2.91. The Balaban J connectivity index is 0.00000161. The first-order valence-electron chi connectivity index (χ1n) is 7.34. The maximum absolute atomic E-state index is 13.9. The Morgan fingerprint density at radius 1 is 1.29 bits per heavy atom. The van der Waals surface area contributed by atoms with E-state index in [4.69, 9.17) is 0 Å². The number of aryl methyl sites for hydroxylation is 1. The second kappa shape index (κ2) is 6.32. The standard InChI is InChI=1S/C16H21FN2O.ClH/c1-10-3-6-15(17)14(7-10)16(20)19(2)13-8-11-4-5-12(9-13)18-11;/h3,6-7,11-13,18H,4-5,8-9H2,1-2H3;1H. The summed E-state index contributed by atoms with van der Waals surface area (Å²) in [4.78, 5) is 14.3. The van der Waals surface area contributed by atoms with Crippen LogP contribution >= 0.6 is 12.4 Å². The summed E-state index contributed by atoms with van der Waals surface area (Å²) in [5.74, 6) is -0.623. The summed E-state index contributed by atoms with van der Waals surface area (Å²) < 4.78 is 13.9. The highest BCUT2D eigenvalue weighted by Crippen LogP contribution is 2.30. The highest BCUT2D eigenvalue weighted by atomic mass is 35.5. The van der Waals surface area contributed by atoms with Crippen LogP contribution in [0, 0.1) is 12.7 Å². The van der Waals surface area contributed by atoms with E-state index in [1.165, 1.54) is 18.9 Å². The molecule has 2 fully saturated rings. The van der Waals surface area contributed by atoms with Crippen molar-refractivity contribution < 1.29 is 9.18 Å². The van der Waals surface area contributed by atoms with Gasteiger partial charge in [-0.25, -0.2) is 4.39 Å². The molecule has 116 valence electrons. The van der Waals surface area contributed by atoms with Gasteiger partial charge in [-0.2, -0.15) is 0 Å². The monoisotopic (exact) mass is 312 g/mol. The zero-order valence-electron chi connectivity index (χ0n) is 12.4. The van der Waals surface area contributed by atoms with E-state index in [-0.39, 0.29) is 29.9 Å². The molecule has 2 bridgehead atoms. The average Bonchev–Trinajstić information content (AvgIpc) is 2.78. The average molecular weight is 313 g/mol. The third-order valence-corrected chi connectivity index (χ3v) is 4.67. The van der Waals surface area contributed by atoms with Gasteiger partial charge >= 0.3 is 0 Å². The van der Waals surface area contributed by atoms with Gasteiger partial charge < -0.3 is 10.2 Å². The minimum atomic E-state index is -0.427. The van der Waals surface area contributed by atoms with Gasteiger partial charge in [-0.15, -0.1) is 12.4 Å². The van der Waals surface area contributed by atoms with Crippen molar-refractivity contribution in [3.8, 4) is 0 Å². The van der Waals surface area contributed by atoms with Gasteiger partial charge in [0, 0.05) is 25.2 Å². The van der Waals surface area contributed by atoms with E-state index < -0.39 is 5.82 Å². The number of piperidine rings is 1. The number of fused-ring (bicyclic) bond motifs is 2. The maximum atomic E-state index is 13.9. The van der Waals surface area contributed by atoms with Gasteiger partial charge in [-0.1, -0.05) is 11.6 Å². The van der Waals surface area contributed by atoms with Gasteiger partial charge in [0.05, 0.1) is 5.56 Å². The fourth-order valence-electron chi connectivity index (χ4n) is 3.50. The van der Waals surface area contributed by atoms with Crippen LogP contribution in [-0.4, -0.2) is 36.0 Å². The molecular formula is C16H22ClFN2O. The molecule has 3 nitrogen and oxygen atoms in total. The summed E-state index contributed by atoms with van der Waals surface area (Å²) in [5.41, 5.74) is 1.10. The fraction of sp³-hybridized carbons (Fsp3) is 0.562. The van der Waals surface area contributed by atoms with Crippen LogP contribution in [0.15, 0.2) is 18.2 Å². The van der Waals surface area contributed by atoms with Crippen molar-refractivity contribution in [1.82, 2.24) is 10.2 Å². The Hall–Kier alpha value is -1.13. The van der Waals surface area contributed by atoms with E-state index in [1.54, 1.807) is 24.1 Å². The van der Waals surface area contributed by atoms with E-state index >= 15 is 0 Å². The van der Waals surface area contributed by atoms with E-state index in [0.717, 1.165) is 18.4 Å². The summed E-state index contributed by atoms with van der Waals surface area (Å²) >= 11 is 0. The minimum absolute atomic E-state index is 0. The Morgan fingerprint density at radius 3 is 2.52 bits per heavy atom. The van der Waals surface area contributed by atoms with Gasteiger partial charge in [0.25, 0.3) is 5.91 Å². The van der Waals surface area contributed by atoms with Crippen molar-refractivity contribution in [2.45, 2.75) is 50.7 Å². The highest BCUT2D eigenvalue weighted by Gasteiger charge is 2.36. The van der Waals surface area contributed by atoms with Crippen molar-refractivity contribution in [3.63, 3.8) is 0 Å². The Labute approximate surface area is 131 Å². The second-order valence-electron chi connectivity index (χ2n) is 6.16. The molecule has 2 heterocycles. The smallest absolute Gasteiger partial charge is 0.256 e. The van der Waals surface area contributed by atoms with Crippen molar-refractivity contribution in [1.29, 1.82) is 0 Å². The largest absolute Gasteiger partial charge is 0.339 e. The van der Waals surface area contributed by atoms with E-state index in [2.05, 4.69) is 5.32 Å². The predicted molar refractivity (Wildman–Crippen MR) is 83.4 cm³/mol. The molecule has 3 rings (SSSR count). The molecule has 1 aromatic carbocycles. The number of carbonyl (C=O) groups excluding carboxylic acids is 1. The molecule has 2 atom stereocenters. The van der Waals surface area contributed by atoms with E-state index in [1.807, 2.05) is 6.92 Å². The number of carbonyl (C=O) groups is 1. The summed E-state index contributed by atoms with van der Waals surface area (Å²) in [6.07, 6.45) is 4.35. The lowest BCUT2D eigenvalue weighted by molar-refractivity contribution is 0.0677. The molecule has 0 saturated carbocycles. The molecule has 5 heteroatoms. The lowest BCUT2D eigenvalue weighted by Crippen LogP contribution is -2.48. The zero-order chi connectivity index (χ0) is 14.3. The minimum Gasteiger partial charge on any atom is -0.339 e. The number of amides is 1. The Kier molecular flexibility index (Phi) is 4.89. The second-order valence-corrected chi connectivity index (χ2v) is 6.16. The van der Waals surface area contributed by atoms with Crippen LogP contribution in [0.25, 0.3) is 0 Å². The zero-order valence-corrected chi connectivity index (χ0v) is 13.3. The molecule has 0 radical (unpaired) electrons. The topological polar surface area (TPSA) is 32.3 Å². The third kappa shape index (κ3) is 3.22. The molecule has 2 unspecified atom stereocenters. The number of rotatable bonds is 2. The summed E-state index contributed by atoms with van der Waals surface area (Å²) in [6, 6.07) is 5.98. The van der Waals surface area contributed by atoms with Crippen LogP contribution < -0.4 is 5.32 Å². The summed E-state index contributed by atoms with van der Waals surface area (Å²) in [7, 11) is 1.81. The van der Waals surface area contributed by atoms with Crippen molar-refractivity contribution in [3.05, 3.63) is 35.1 Å². The van der Waals surface area contributed by atoms with Crippen molar-refractivity contribution >= 4 is 18.3 Å². The van der Waals surface area contributed by atoms with Crippen LogP contribution in [0.2, 0.25) is 0 Å². The fourth-order valence-corrected chi connectivity index (χ4v) is 3.50. The number of hydrogen-bond donors (Lipinski definition) is 1. The van der Waals surface area contributed by atoms with Gasteiger partial charge in [0.2, 0.25) is 0 Å². The summed E-state index contributed by atoms with van der Waals surface area (Å²) in [6.45, 7) is 1.88. The van der Waals surface area contributed by atoms with Gasteiger partial charge in [-0.3, -0.25) is 4.79 Å².